The van der Waals surface area contributed by atoms with Crippen molar-refractivity contribution in [3.05, 3.63) is 71.3 Å². The fourth-order valence-corrected chi connectivity index (χ4v) is 2.53. The number of methoxy groups -OCH3 is 1. The van der Waals surface area contributed by atoms with Gasteiger partial charge in [0.15, 0.2) is 0 Å². The first-order chi connectivity index (χ1) is 11.1. The van der Waals surface area contributed by atoms with Gasteiger partial charge in [-0.15, -0.1) is 0 Å². The molecule has 1 aliphatic heterocycles. The maximum Gasteiger partial charge on any atom is 0.261 e. The monoisotopic (exact) mass is 311 g/mol. The third-order valence-electron chi connectivity index (χ3n) is 3.70. The SMILES string of the molecule is COc1ccccc1C(F)=CCN1C(=O)c2ccccc2C1=O. The van der Waals surface area contributed by atoms with Crippen molar-refractivity contribution < 1.29 is 18.7 Å². The summed E-state index contributed by atoms with van der Waals surface area (Å²) in [5, 5.41) is 0. The molecule has 2 amide bonds. The smallest absolute Gasteiger partial charge is 0.261 e. The van der Waals surface area contributed by atoms with E-state index in [0.29, 0.717) is 16.9 Å². The van der Waals surface area contributed by atoms with Gasteiger partial charge in [-0.1, -0.05) is 24.3 Å². The lowest BCUT2D eigenvalue weighted by Gasteiger charge is -2.11. The molecule has 0 spiro atoms. The molecule has 2 aromatic rings. The maximum atomic E-state index is 14.4. The van der Waals surface area contributed by atoms with Crippen molar-refractivity contribution in [2.45, 2.75) is 0 Å². The van der Waals surface area contributed by atoms with Crippen LogP contribution in [0.15, 0.2) is 54.6 Å². The number of rotatable bonds is 4. The number of halogens is 1. The van der Waals surface area contributed by atoms with Crippen LogP contribution in [-0.2, 0) is 0 Å². The van der Waals surface area contributed by atoms with Crippen LogP contribution >= 0.6 is 0 Å². The van der Waals surface area contributed by atoms with Gasteiger partial charge < -0.3 is 4.74 Å². The average molecular weight is 311 g/mol. The van der Waals surface area contributed by atoms with Crippen LogP contribution in [0.4, 0.5) is 4.39 Å². The molecule has 0 N–H and O–H groups in total. The van der Waals surface area contributed by atoms with Crippen molar-refractivity contribution >= 4 is 17.6 Å². The highest BCUT2D eigenvalue weighted by molar-refractivity contribution is 6.21. The molecule has 0 saturated heterocycles. The molecule has 1 aliphatic rings. The molecule has 0 unspecified atom stereocenters. The second-order valence-electron chi connectivity index (χ2n) is 5.02. The molecule has 0 fully saturated rings. The Morgan fingerprint density at radius 1 is 1.04 bits per heavy atom. The van der Waals surface area contributed by atoms with E-state index in [1.807, 2.05) is 0 Å². The first-order valence-electron chi connectivity index (χ1n) is 7.07. The van der Waals surface area contributed by atoms with Gasteiger partial charge in [-0.05, 0) is 30.3 Å². The van der Waals surface area contributed by atoms with Gasteiger partial charge in [0.2, 0.25) is 0 Å². The van der Waals surface area contributed by atoms with Crippen LogP contribution in [0.3, 0.4) is 0 Å². The zero-order valence-electron chi connectivity index (χ0n) is 12.5. The quantitative estimate of drug-likeness (QED) is 0.814. The van der Waals surface area contributed by atoms with Gasteiger partial charge in [-0.25, -0.2) is 4.39 Å². The highest BCUT2D eigenvalue weighted by atomic mass is 19.1. The van der Waals surface area contributed by atoms with Gasteiger partial charge in [-0.2, -0.15) is 0 Å². The number of amides is 2. The summed E-state index contributed by atoms with van der Waals surface area (Å²) in [5.41, 5.74) is 0.985. The van der Waals surface area contributed by atoms with E-state index in [2.05, 4.69) is 0 Å². The molecule has 0 radical (unpaired) electrons. The summed E-state index contributed by atoms with van der Waals surface area (Å²) in [4.78, 5) is 25.4. The zero-order chi connectivity index (χ0) is 16.4. The number of carbonyl (C=O) groups is 2. The number of nitrogens with zero attached hydrogens (tertiary/aromatic N) is 1. The Balaban J connectivity index is 1.84. The number of ether oxygens (including phenoxy) is 1. The molecule has 5 heteroatoms. The fourth-order valence-electron chi connectivity index (χ4n) is 2.53. The van der Waals surface area contributed by atoms with Crippen LogP contribution in [0.1, 0.15) is 26.3 Å². The second kappa shape index (κ2) is 6.04. The highest BCUT2D eigenvalue weighted by Crippen LogP contribution is 2.27. The summed E-state index contributed by atoms with van der Waals surface area (Å²) in [5.74, 6) is -0.966. The molecule has 3 rings (SSSR count). The predicted octanol–water partition coefficient (Wildman–Crippen LogP) is 3.30. The van der Waals surface area contributed by atoms with Crippen molar-refractivity contribution in [2.24, 2.45) is 0 Å². The Hall–Kier alpha value is -2.95. The van der Waals surface area contributed by atoms with Gasteiger partial charge in [0, 0.05) is 0 Å². The topological polar surface area (TPSA) is 46.6 Å². The summed E-state index contributed by atoms with van der Waals surface area (Å²) in [6.45, 7) is -0.129. The van der Waals surface area contributed by atoms with Gasteiger partial charge in [0.1, 0.15) is 11.6 Å². The molecule has 0 bridgehead atoms. The summed E-state index contributed by atoms with van der Waals surface area (Å²) >= 11 is 0. The normalized spacial score (nSPS) is 14.2. The third kappa shape index (κ3) is 2.61. The molecular weight excluding hydrogens is 297 g/mol. The number of para-hydroxylation sites is 1. The standard InChI is InChI=1S/C18H14FNO3/c1-23-16-9-5-4-8-14(16)15(19)10-11-20-17(21)12-6-2-3-7-13(12)18(20)22/h2-10H,11H2,1H3. The zero-order valence-corrected chi connectivity index (χ0v) is 12.5. The average Bonchev–Trinajstić information content (AvgIpc) is 2.84. The Labute approximate surface area is 132 Å². The van der Waals surface area contributed by atoms with Crippen molar-refractivity contribution in [3.63, 3.8) is 0 Å². The van der Waals surface area contributed by atoms with E-state index in [9.17, 15) is 14.0 Å². The van der Waals surface area contributed by atoms with Crippen LogP contribution in [0.5, 0.6) is 5.75 Å². The number of benzene rings is 2. The number of fused-ring (bicyclic) bond motifs is 1. The van der Waals surface area contributed by atoms with Crippen molar-refractivity contribution in [1.29, 1.82) is 0 Å². The second-order valence-corrected chi connectivity index (χ2v) is 5.02. The highest BCUT2D eigenvalue weighted by Gasteiger charge is 2.34. The molecule has 23 heavy (non-hydrogen) atoms. The predicted molar refractivity (Wildman–Crippen MR) is 83.9 cm³/mol. The van der Waals surface area contributed by atoms with E-state index in [4.69, 9.17) is 4.74 Å². The van der Waals surface area contributed by atoms with Crippen LogP contribution in [0.2, 0.25) is 0 Å². The van der Waals surface area contributed by atoms with E-state index in [-0.39, 0.29) is 12.1 Å². The van der Waals surface area contributed by atoms with Gasteiger partial charge in [-0.3, -0.25) is 14.5 Å². The number of hydrogen-bond donors (Lipinski definition) is 0. The van der Waals surface area contributed by atoms with E-state index in [1.54, 1.807) is 48.5 Å². The Bertz CT molecular complexity index is 778. The van der Waals surface area contributed by atoms with Gasteiger partial charge in [0.05, 0.1) is 30.3 Å². The number of carbonyl (C=O) groups excluding carboxylic acids is 2. The minimum atomic E-state index is -0.543. The molecule has 2 aromatic carbocycles. The van der Waals surface area contributed by atoms with Crippen LogP contribution in [0.25, 0.3) is 5.83 Å². The Morgan fingerprint density at radius 3 is 2.22 bits per heavy atom. The first kappa shape index (κ1) is 15.0. The van der Waals surface area contributed by atoms with Crippen LogP contribution in [0, 0.1) is 0 Å². The molecule has 0 saturated carbocycles. The van der Waals surface area contributed by atoms with Gasteiger partial charge >= 0.3 is 0 Å². The Kier molecular flexibility index (Phi) is 3.93. The number of imide groups is 1. The summed E-state index contributed by atoms with van der Waals surface area (Å²) < 4.78 is 19.5. The lowest BCUT2D eigenvalue weighted by atomic mass is 10.1. The molecule has 4 nitrogen and oxygen atoms in total. The van der Waals surface area contributed by atoms with Gasteiger partial charge in [0.25, 0.3) is 11.8 Å². The van der Waals surface area contributed by atoms with Crippen LogP contribution < -0.4 is 4.74 Å². The fraction of sp³-hybridized carbons (Fsp3) is 0.111. The Morgan fingerprint density at radius 2 is 1.61 bits per heavy atom. The van der Waals surface area contributed by atoms with Crippen molar-refractivity contribution in [2.75, 3.05) is 13.7 Å². The lowest BCUT2D eigenvalue weighted by molar-refractivity contribution is 0.0672. The van der Waals surface area contributed by atoms with Crippen molar-refractivity contribution in [1.82, 2.24) is 4.90 Å². The molecule has 116 valence electrons. The maximum absolute atomic E-state index is 14.4. The first-order valence-corrected chi connectivity index (χ1v) is 7.07. The summed E-state index contributed by atoms with van der Waals surface area (Å²) in [7, 11) is 1.45. The molecule has 1 heterocycles. The van der Waals surface area contributed by atoms with E-state index < -0.39 is 17.6 Å². The minimum absolute atomic E-state index is 0.129. The van der Waals surface area contributed by atoms with E-state index in [1.165, 1.54) is 13.2 Å². The number of hydrogen-bond acceptors (Lipinski definition) is 3. The molecule has 0 atom stereocenters. The van der Waals surface area contributed by atoms with E-state index in [0.717, 1.165) is 4.90 Å². The van der Waals surface area contributed by atoms with Crippen molar-refractivity contribution in [3.8, 4) is 5.75 Å². The molecule has 0 aromatic heterocycles. The summed E-state index contributed by atoms with van der Waals surface area (Å²) in [6, 6.07) is 13.2. The third-order valence-corrected chi connectivity index (χ3v) is 3.70. The lowest BCUT2D eigenvalue weighted by Crippen LogP contribution is -2.29. The largest absolute Gasteiger partial charge is 0.496 e. The molecular formula is C18H14FNO3. The summed E-state index contributed by atoms with van der Waals surface area (Å²) in [6.07, 6.45) is 1.21. The van der Waals surface area contributed by atoms with E-state index >= 15 is 0 Å². The molecule has 0 aliphatic carbocycles. The van der Waals surface area contributed by atoms with Crippen LogP contribution in [-0.4, -0.2) is 30.4 Å². The minimum Gasteiger partial charge on any atom is -0.496 e.